The van der Waals surface area contributed by atoms with Crippen LogP contribution in [-0.4, -0.2) is 60.8 Å². The zero-order valence-electron chi connectivity index (χ0n) is 20.6. The van der Waals surface area contributed by atoms with Crippen molar-refractivity contribution in [3.8, 4) is 0 Å². The first-order valence-electron chi connectivity index (χ1n) is 12.4. The Morgan fingerprint density at radius 1 is 1.11 bits per heavy atom. The predicted molar refractivity (Wildman–Crippen MR) is 136 cm³/mol. The lowest BCUT2D eigenvalue weighted by Gasteiger charge is -2.35. The SMILES string of the molecule is O=C(Nc1ccc(=O)n(CCCC(F)(F)F)n1)c1ccc(NS(=O)(=O)CCO)cc1N1CCC2(CC1)CC2. The summed E-state index contributed by atoms with van der Waals surface area (Å²) in [7, 11) is -3.78. The van der Waals surface area contributed by atoms with E-state index >= 15 is 0 Å². The highest BCUT2D eigenvalue weighted by Crippen LogP contribution is 2.54. The Bertz CT molecular complexity index is 1330. The van der Waals surface area contributed by atoms with Crippen molar-refractivity contribution in [3.05, 3.63) is 46.2 Å². The fraction of sp³-hybridized carbons (Fsp3) is 0.542. The number of amides is 1. The van der Waals surface area contributed by atoms with E-state index in [9.17, 15) is 31.2 Å². The van der Waals surface area contributed by atoms with Gasteiger partial charge >= 0.3 is 6.18 Å². The van der Waals surface area contributed by atoms with Gasteiger partial charge in [-0.2, -0.15) is 18.3 Å². The zero-order chi connectivity index (χ0) is 27.6. The quantitative estimate of drug-likeness (QED) is 0.409. The molecular formula is C24H30F3N5O5S. The second-order valence-corrected chi connectivity index (χ2v) is 11.7. The van der Waals surface area contributed by atoms with Gasteiger partial charge in [0.05, 0.1) is 29.3 Å². The van der Waals surface area contributed by atoms with Gasteiger partial charge in [0.25, 0.3) is 11.5 Å². The van der Waals surface area contributed by atoms with Crippen LogP contribution in [0.4, 0.5) is 30.4 Å². The smallest absolute Gasteiger partial charge is 0.389 e. The Balaban J connectivity index is 1.55. The summed E-state index contributed by atoms with van der Waals surface area (Å²) in [5, 5.41) is 15.6. The second-order valence-electron chi connectivity index (χ2n) is 9.82. The fourth-order valence-electron chi connectivity index (χ4n) is 4.59. The normalized spacial score (nSPS) is 16.9. The number of hydrogen-bond acceptors (Lipinski definition) is 7. The summed E-state index contributed by atoms with van der Waals surface area (Å²) in [6.45, 7) is 0.582. The van der Waals surface area contributed by atoms with Crippen LogP contribution in [0.1, 0.15) is 48.9 Å². The van der Waals surface area contributed by atoms with Gasteiger partial charge in [-0.25, -0.2) is 13.1 Å². The van der Waals surface area contributed by atoms with E-state index in [2.05, 4.69) is 15.1 Å². The number of nitrogens with zero attached hydrogens (tertiary/aromatic N) is 3. The number of carbonyl (C=O) groups excluding carboxylic acids is 1. The number of piperidine rings is 1. The number of aliphatic hydroxyl groups excluding tert-OH is 1. The molecule has 1 spiro atoms. The molecule has 2 heterocycles. The number of anilines is 3. The highest BCUT2D eigenvalue weighted by Gasteiger charge is 2.44. The molecule has 2 fully saturated rings. The van der Waals surface area contributed by atoms with E-state index < -0.39 is 46.4 Å². The lowest BCUT2D eigenvalue weighted by atomic mass is 9.93. The molecule has 0 radical (unpaired) electrons. The average molecular weight is 558 g/mol. The number of sulfonamides is 1. The van der Waals surface area contributed by atoms with Gasteiger partial charge < -0.3 is 15.3 Å². The zero-order valence-corrected chi connectivity index (χ0v) is 21.4. The Morgan fingerprint density at radius 3 is 2.45 bits per heavy atom. The molecule has 0 unspecified atom stereocenters. The summed E-state index contributed by atoms with van der Waals surface area (Å²) in [5.74, 6) is -1.04. The third-order valence-electron chi connectivity index (χ3n) is 6.94. The van der Waals surface area contributed by atoms with Crippen LogP contribution in [0.2, 0.25) is 0 Å². The molecule has 14 heteroatoms. The number of benzene rings is 1. The summed E-state index contributed by atoms with van der Waals surface area (Å²) in [5.41, 5.74) is 0.781. The topological polar surface area (TPSA) is 134 Å². The van der Waals surface area contributed by atoms with Gasteiger partial charge in [-0.15, -0.1) is 0 Å². The number of halogens is 3. The molecule has 208 valence electrons. The van der Waals surface area contributed by atoms with Crippen molar-refractivity contribution in [1.29, 1.82) is 0 Å². The van der Waals surface area contributed by atoms with Crippen molar-refractivity contribution in [1.82, 2.24) is 9.78 Å². The molecule has 0 bridgehead atoms. The van der Waals surface area contributed by atoms with Gasteiger partial charge in [0.1, 0.15) is 0 Å². The van der Waals surface area contributed by atoms with Crippen LogP contribution < -0.4 is 20.5 Å². The first-order chi connectivity index (χ1) is 17.9. The Morgan fingerprint density at radius 2 is 1.82 bits per heavy atom. The monoisotopic (exact) mass is 557 g/mol. The molecule has 1 saturated carbocycles. The Labute approximate surface area is 217 Å². The maximum absolute atomic E-state index is 13.3. The molecule has 1 aliphatic carbocycles. The first-order valence-corrected chi connectivity index (χ1v) is 14.0. The van der Waals surface area contributed by atoms with E-state index in [1.54, 1.807) is 6.07 Å². The first kappa shape index (κ1) is 27.9. The molecule has 1 amide bonds. The number of aliphatic hydroxyl groups is 1. The Kier molecular flexibility index (Phi) is 8.02. The highest BCUT2D eigenvalue weighted by molar-refractivity contribution is 7.92. The van der Waals surface area contributed by atoms with E-state index in [1.165, 1.54) is 31.0 Å². The number of alkyl halides is 3. The number of carbonyl (C=O) groups is 1. The molecule has 38 heavy (non-hydrogen) atoms. The summed E-state index contributed by atoms with van der Waals surface area (Å²) in [6, 6.07) is 6.87. The van der Waals surface area contributed by atoms with Gasteiger partial charge in [-0.05, 0) is 61.8 Å². The summed E-state index contributed by atoms with van der Waals surface area (Å²) >= 11 is 0. The van der Waals surface area contributed by atoms with Crippen LogP contribution >= 0.6 is 0 Å². The van der Waals surface area contributed by atoms with Crippen LogP contribution in [-0.2, 0) is 16.6 Å². The minimum Gasteiger partial charge on any atom is -0.395 e. The molecule has 2 aromatic rings. The summed E-state index contributed by atoms with van der Waals surface area (Å²) in [4.78, 5) is 27.3. The number of hydrogen-bond donors (Lipinski definition) is 3. The minimum atomic E-state index is -4.35. The lowest BCUT2D eigenvalue weighted by molar-refractivity contribution is -0.136. The molecule has 1 aliphatic heterocycles. The largest absolute Gasteiger partial charge is 0.395 e. The van der Waals surface area contributed by atoms with Crippen LogP contribution in [0.3, 0.4) is 0 Å². The fourth-order valence-corrected chi connectivity index (χ4v) is 5.42. The van der Waals surface area contributed by atoms with E-state index in [-0.39, 0.29) is 30.0 Å². The van der Waals surface area contributed by atoms with E-state index in [0.717, 1.165) is 23.6 Å². The van der Waals surface area contributed by atoms with Crippen molar-refractivity contribution in [2.75, 3.05) is 40.4 Å². The van der Waals surface area contributed by atoms with Crippen molar-refractivity contribution in [2.24, 2.45) is 5.41 Å². The second kappa shape index (κ2) is 10.9. The average Bonchev–Trinajstić information content (AvgIpc) is 3.59. The van der Waals surface area contributed by atoms with E-state index in [4.69, 9.17) is 5.11 Å². The lowest BCUT2D eigenvalue weighted by Crippen LogP contribution is -2.36. The molecule has 10 nitrogen and oxygen atoms in total. The number of aromatic nitrogens is 2. The maximum atomic E-state index is 13.3. The molecule has 3 N–H and O–H groups in total. The third kappa shape index (κ3) is 7.25. The maximum Gasteiger partial charge on any atom is 0.389 e. The number of nitrogens with one attached hydrogen (secondary N) is 2. The van der Waals surface area contributed by atoms with Crippen LogP contribution in [0, 0.1) is 5.41 Å². The van der Waals surface area contributed by atoms with Gasteiger partial charge in [0, 0.05) is 32.1 Å². The molecule has 2 aliphatic rings. The molecule has 1 saturated heterocycles. The van der Waals surface area contributed by atoms with E-state index in [1.807, 2.05) is 4.90 Å². The highest BCUT2D eigenvalue weighted by atomic mass is 32.2. The number of aryl methyl sites for hydroxylation is 1. The third-order valence-corrected chi connectivity index (χ3v) is 8.20. The summed E-state index contributed by atoms with van der Waals surface area (Å²) < 4.78 is 65.0. The van der Waals surface area contributed by atoms with Gasteiger partial charge in [-0.1, -0.05) is 0 Å². The Hall–Kier alpha value is -3.13. The standard InChI is InChI=1S/C24H30F3N5O5S/c25-24(26,27)6-1-11-32-21(34)5-4-20(29-32)28-22(35)18-3-2-17(30-38(36,37)15-14-33)16-19(18)31-12-9-23(7-8-23)10-13-31/h2-5,16,30,33H,1,6-15H2,(H,28,29,35). The van der Waals surface area contributed by atoms with Crippen molar-refractivity contribution in [3.63, 3.8) is 0 Å². The summed E-state index contributed by atoms with van der Waals surface area (Å²) in [6.07, 6.45) is -1.47. The molecule has 0 atom stereocenters. The predicted octanol–water partition coefficient (Wildman–Crippen LogP) is 2.95. The molecule has 1 aromatic carbocycles. The molecule has 4 rings (SSSR count). The molecular weight excluding hydrogens is 527 g/mol. The van der Waals surface area contributed by atoms with Crippen LogP contribution in [0.25, 0.3) is 0 Å². The van der Waals surface area contributed by atoms with Gasteiger partial charge in [-0.3, -0.25) is 14.3 Å². The van der Waals surface area contributed by atoms with Crippen LogP contribution in [0.5, 0.6) is 0 Å². The van der Waals surface area contributed by atoms with Crippen molar-refractivity contribution < 1.29 is 31.5 Å². The van der Waals surface area contributed by atoms with Gasteiger partial charge in [0.15, 0.2) is 5.82 Å². The van der Waals surface area contributed by atoms with Crippen molar-refractivity contribution in [2.45, 2.75) is 51.2 Å². The number of rotatable bonds is 10. The van der Waals surface area contributed by atoms with Crippen LogP contribution in [0.15, 0.2) is 35.1 Å². The minimum absolute atomic E-state index is 0.00383. The molecule has 1 aromatic heterocycles. The van der Waals surface area contributed by atoms with E-state index in [0.29, 0.717) is 24.2 Å². The van der Waals surface area contributed by atoms with Gasteiger partial charge in [0.2, 0.25) is 10.0 Å². The van der Waals surface area contributed by atoms with Crippen molar-refractivity contribution >= 4 is 33.1 Å².